The molecule has 0 radical (unpaired) electrons. The molecule has 1 heterocycles. The van der Waals surface area contributed by atoms with Crippen LogP contribution in [0.3, 0.4) is 0 Å². The van der Waals surface area contributed by atoms with Gasteiger partial charge in [0.25, 0.3) is 5.91 Å². The van der Waals surface area contributed by atoms with Gasteiger partial charge in [-0.15, -0.1) is 0 Å². The predicted molar refractivity (Wildman–Crippen MR) is 121 cm³/mol. The molecule has 0 saturated carbocycles. The predicted octanol–water partition coefficient (Wildman–Crippen LogP) is 5.36. The van der Waals surface area contributed by atoms with Gasteiger partial charge in [-0.3, -0.25) is 9.78 Å². The van der Waals surface area contributed by atoms with Crippen LogP contribution in [0.15, 0.2) is 96.8 Å². The molecule has 0 saturated heterocycles. The van der Waals surface area contributed by atoms with Gasteiger partial charge < -0.3 is 10.1 Å². The Morgan fingerprint density at radius 3 is 2.65 bits per heavy atom. The third kappa shape index (κ3) is 4.77. The van der Waals surface area contributed by atoms with Crippen molar-refractivity contribution in [2.45, 2.75) is 6.61 Å². The highest BCUT2D eigenvalue weighted by Gasteiger charge is 2.13. The van der Waals surface area contributed by atoms with Crippen LogP contribution in [0.1, 0.15) is 11.1 Å². The summed E-state index contributed by atoms with van der Waals surface area (Å²) in [4.78, 5) is 16.9. The standard InChI is InChI=1S/C26H19N3O2/c27-16-22(26(30)29-24-12-5-10-20-8-1-3-11-23(20)24)15-21-9-2-4-13-25(21)31-18-19-7-6-14-28-17-19/h1-15,17H,18H2,(H,29,30)/b22-15+. The normalized spacial score (nSPS) is 11.0. The molecule has 1 aromatic heterocycles. The highest BCUT2D eigenvalue weighted by Crippen LogP contribution is 2.25. The summed E-state index contributed by atoms with van der Waals surface area (Å²) in [5.41, 5.74) is 2.22. The molecule has 0 aliphatic rings. The van der Waals surface area contributed by atoms with E-state index in [0.29, 0.717) is 23.6 Å². The number of carbonyl (C=O) groups is 1. The molecule has 0 fully saturated rings. The van der Waals surface area contributed by atoms with Crippen molar-refractivity contribution in [2.75, 3.05) is 5.32 Å². The molecule has 0 atom stereocenters. The fourth-order valence-corrected chi connectivity index (χ4v) is 3.20. The van der Waals surface area contributed by atoms with Crippen molar-refractivity contribution in [2.24, 2.45) is 0 Å². The van der Waals surface area contributed by atoms with Crippen LogP contribution in [0, 0.1) is 11.3 Å². The first-order valence-electron chi connectivity index (χ1n) is 9.76. The summed E-state index contributed by atoms with van der Waals surface area (Å²) in [6.45, 7) is 0.336. The SMILES string of the molecule is N#C/C(=C\c1ccccc1OCc1cccnc1)C(=O)Nc1cccc2ccccc12. The first-order valence-corrected chi connectivity index (χ1v) is 9.76. The van der Waals surface area contributed by atoms with Crippen molar-refractivity contribution < 1.29 is 9.53 Å². The number of carbonyl (C=O) groups excluding carboxylic acids is 1. The monoisotopic (exact) mass is 405 g/mol. The van der Waals surface area contributed by atoms with Crippen LogP contribution in [0.2, 0.25) is 0 Å². The molecule has 150 valence electrons. The van der Waals surface area contributed by atoms with Gasteiger partial charge in [0.15, 0.2) is 0 Å². The summed E-state index contributed by atoms with van der Waals surface area (Å²) in [5.74, 6) is 0.109. The second kappa shape index (κ2) is 9.38. The van der Waals surface area contributed by atoms with Gasteiger partial charge in [-0.1, -0.05) is 60.7 Å². The lowest BCUT2D eigenvalue weighted by molar-refractivity contribution is -0.112. The Morgan fingerprint density at radius 1 is 1.00 bits per heavy atom. The number of hydrogen-bond donors (Lipinski definition) is 1. The van der Waals surface area contributed by atoms with Crippen LogP contribution >= 0.6 is 0 Å². The number of para-hydroxylation sites is 1. The van der Waals surface area contributed by atoms with Gasteiger partial charge in [-0.2, -0.15) is 5.26 Å². The second-order valence-electron chi connectivity index (χ2n) is 6.84. The zero-order valence-corrected chi connectivity index (χ0v) is 16.7. The van der Waals surface area contributed by atoms with Crippen molar-refractivity contribution in [1.29, 1.82) is 5.26 Å². The average molecular weight is 405 g/mol. The van der Waals surface area contributed by atoms with Crippen LogP contribution in [0.25, 0.3) is 16.8 Å². The van der Waals surface area contributed by atoms with Crippen molar-refractivity contribution in [3.05, 3.63) is 108 Å². The molecule has 0 bridgehead atoms. The molecule has 3 aromatic carbocycles. The number of nitriles is 1. The van der Waals surface area contributed by atoms with Gasteiger partial charge in [-0.25, -0.2) is 0 Å². The molecule has 4 rings (SSSR count). The van der Waals surface area contributed by atoms with Gasteiger partial charge in [0, 0.05) is 34.6 Å². The summed E-state index contributed by atoms with van der Waals surface area (Å²) in [7, 11) is 0. The zero-order chi connectivity index (χ0) is 21.5. The minimum atomic E-state index is -0.471. The minimum absolute atomic E-state index is 0.00892. The van der Waals surface area contributed by atoms with Crippen molar-refractivity contribution in [1.82, 2.24) is 4.98 Å². The first-order chi connectivity index (χ1) is 15.2. The van der Waals surface area contributed by atoms with Gasteiger partial charge >= 0.3 is 0 Å². The molecule has 0 aliphatic carbocycles. The zero-order valence-electron chi connectivity index (χ0n) is 16.7. The molecule has 0 unspecified atom stereocenters. The largest absolute Gasteiger partial charge is 0.488 e. The van der Waals surface area contributed by atoms with Crippen LogP contribution < -0.4 is 10.1 Å². The number of benzene rings is 3. The number of nitrogens with zero attached hydrogens (tertiary/aromatic N) is 2. The fraction of sp³-hybridized carbons (Fsp3) is 0.0385. The number of anilines is 1. The number of pyridine rings is 1. The third-order valence-corrected chi connectivity index (χ3v) is 4.74. The number of fused-ring (bicyclic) bond motifs is 1. The summed E-state index contributed by atoms with van der Waals surface area (Å²) in [6.07, 6.45) is 4.98. The maximum Gasteiger partial charge on any atom is 0.266 e. The number of nitrogens with one attached hydrogen (secondary N) is 1. The molecule has 0 spiro atoms. The van der Waals surface area contributed by atoms with E-state index >= 15 is 0 Å². The molecular formula is C26H19N3O2. The fourth-order valence-electron chi connectivity index (χ4n) is 3.20. The molecule has 1 amide bonds. The van der Waals surface area contributed by atoms with E-state index in [1.54, 1.807) is 30.6 Å². The Kier molecular flexibility index (Phi) is 6.01. The Balaban J connectivity index is 1.57. The lowest BCUT2D eigenvalue weighted by Gasteiger charge is -2.10. The van der Waals surface area contributed by atoms with Gasteiger partial charge in [0.1, 0.15) is 24.0 Å². The molecular weight excluding hydrogens is 386 g/mol. The van der Waals surface area contributed by atoms with E-state index < -0.39 is 5.91 Å². The van der Waals surface area contributed by atoms with Crippen LogP contribution in [0.4, 0.5) is 5.69 Å². The highest BCUT2D eigenvalue weighted by atomic mass is 16.5. The lowest BCUT2D eigenvalue weighted by atomic mass is 10.1. The summed E-state index contributed by atoms with van der Waals surface area (Å²) >= 11 is 0. The van der Waals surface area contributed by atoms with E-state index in [2.05, 4.69) is 10.3 Å². The summed E-state index contributed by atoms with van der Waals surface area (Å²) in [6, 6.07) is 26.5. The molecule has 5 heteroatoms. The maximum absolute atomic E-state index is 12.8. The van der Waals surface area contributed by atoms with Crippen LogP contribution in [0.5, 0.6) is 5.75 Å². The second-order valence-corrected chi connectivity index (χ2v) is 6.84. The number of amides is 1. The molecule has 0 aliphatic heterocycles. The highest BCUT2D eigenvalue weighted by molar-refractivity contribution is 6.13. The molecule has 4 aromatic rings. The Morgan fingerprint density at radius 2 is 1.81 bits per heavy atom. The quantitative estimate of drug-likeness (QED) is 0.346. The van der Waals surface area contributed by atoms with E-state index in [4.69, 9.17) is 4.74 Å². The van der Waals surface area contributed by atoms with Gasteiger partial charge in [0.2, 0.25) is 0 Å². The van der Waals surface area contributed by atoms with Crippen LogP contribution in [-0.4, -0.2) is 10.9 Å². The first kappa shape index (κ1) is 19.9. The molecule has 5 nitrogen and oxygen atoms in total. The van der Waals surface area contributed by atoms with E-state index in [0.717, 1.165) is 16.3 Å². The smallest absolute Gasteiger partial charge is 0.266 e. The van der Waals surface area contributed by atoms with Gasteiger partial charge in [0.05, 0.1) is 0 Å². The van der Waals surface area contributed by atoms with E-state index in [1.165, 1.54) is 0 Å². The number of hydrogen-bond acceptors (Lipinski definition) is 4. The number of ether oxygens (including phenoxy) is 1. The van der Waals surface area contributed by atoms with Crippen molar-refractivity contribution in [3.8, 4) is 11.8 Å². The Bertz CT molecular complexity index is 1290. The van der Waals surface area contributed by atoms with Crippen LogP contribution in [-0.2, 0) is 11.4 Å². The summed E-state index contributed by atoms with van der Waals surface area (Å²) < 4.78 is 5.90. The van der Waals surface area contributed by atoms with E-state index in [9.17, 15) is 10.1 Å². The number of rotatable bonds is 6. The van der Waals surface area contributed by atoms with E-state index in [-0.39, 0.29) is 5.57 Å². The average Bonchev–Trinajstić information content (AvgIpc) is 2.82. The third-order valence-electron chi connectivity index (χ3n) is 4.74. The van der Waals surface area contributed by atoms with E-state index in [1.807, 2.05) is 72.8 Å². The summed E-state index contributed by atoms with van der Waals surface area (Å²) in [5, 5.41) is 14.4. The Labute approximate surface area is 180 Å². The maximum atomic E-state index is 12.8. The number of aromatic nitrogens is 1. The van der Waals surface area contributed by atoms with Crippen molar-refractivity contribution in [3.63, 3.8) is 0 Å². The minimum Gasteiger partial charge on any atom is -0.488 e. The molecule has 31 heavy (non-hydrogen) atoms. The van der Waals surface area contributed by atoms with Crippen molar-refractivity contribution >= 4 is 28.4 Å². The Hall–Kier alpha value is -4.43. The lowest BCUT2D eigenvalue weighted by Crippen LogP contribution is -2.13. The van der Waals surface area contributed by atoms with Gasteiger partial charge in [-0.05, 0) is 29.7 Å². The topological polar surface area (TPSA) is 75.0 Å². The molecule has 1 N–H and O–H groups in total.